The standard InChI is InChI=1S/C16H26N4/c17-16(20-13-6-1-2-7-14-20)19-12-8-11-18-15-9-4-3-5-10-15/h3-5,9-10,18H,1-2,6-8,11-14H2,(H2,17,19). The lowest BCUT2D eigenvalue weighted by Crippen LogP contribution is -2.38. The molecule has 110 valence electrons. The fraction of sp³-hybridized carbons (Fsp3) is 0.562. The fourth-order valence-corrected chi connectivity index (χ4v) is 2.46. The molecule has 1 aliphatic rings. The van der Waals surface area contributed by atoms with E-state index in [9.17, 15) is 0 Å². The van der Waals surface area contributed by atoms with E-state index in [1.54, 1.807) is 0 Å². The first-order valence-electron chi connectivity index (χ1n) is 7.70. The second-order valence-corrected chi connectivity index (χ2v) is 5.29. The minimum Gasteiger partial charge on any atom is -0.385 e. The number of nitrogens with zero attached hydrogens (tertiary/aromatic N) is 2. The maximum Gasteiger partial charge on any atom is 0.191 e. The van der Waals surface area contributed by atoms with Gasteiger partial charge in [0.1, 0.15) is 0 Å². The maximum absolute atomic E-state index is 6.07. The van der Waals surface area contributed by atoms with Crippen LogP contribution in [0.3, 0.4) is 0 Å². The summed E-state index contributed by atoms with van der Waals surface area (Å²) in [5.74, 6) is 0.728. The molecule has 0 bridgehead atoms. The van der Waals surface area contributed by atoms with Crippen molar-refractivity contribution in [3.05, 3.63) is 30.3 Å². The number of para-hydroxylation sites is 1. The van der Waals surface area contributed by atoms with Gasteiger partial charge in [-0.2, -0.15) is 0 Å². The molecule has 0 aromatic heterocycles. The number of hydrogen-bond donors (Lipinski definition) is 2. The highest BCUT2D eigenvalue weighted by atomic mass is 15.2. The van der Waals surface area contributed by atoms with Gasteiger partial charge >= 0.3 is 0 Å². The Bertz CT molecular complexity index is 394. The summed E-state index contributed by atoms with van der Waals surface area (Å²) in [4.78, 5) is 6.73. The van der Waals surface area contributed by atoms with Crippen LogP contribution in [0.15, 0.2) is 35.3 Å². The molecule has 20 heavy (non-hydrogen) atoms. The van der Waals surface area contributed by atoms with Gasteiger partial charge in [-0.15, -0.1) is 0 Å². The van der Waals surface area contributed by atoms with Crippen molar-refractivity contribution in [3.8, 4) is 0 Å². The van der Waals surface area contributed by atoms with Crippen molar-refractivity contribution in [2.75, 3.05) is 31.5 Å². The first-order chi connectivity index (χ1) is 9.86. The number of nitrogens with one attached hydrogen (secondary N) is 1. The normalized spacial score (nSPS) is 16.8. The van der Waals surface area contributed by atoms with Gasteiger partial charge in [-0.1, -0.05) is 31.0 Å². The first-order valence-corrected chi connectivity index (χ1v) is 7.70. The van der Waals surface area contributed by atoms with E-state index in [-0.39, 0.29) is 0 Å². The van der Waals surface area contributed by atoms with E-state index in [0.29, 0.717) is 0 Å². The van der Waals surface area contributed by atoms with Crippen molar-refractivity contribution >= 4 is 11.6 Å². The van der Waals surface area contributed by atoms with Crippen LogP contribution in [0.2, 0.25) is 0 Å². The van der Waals surface area contributed by atoms with E-state index >= 15 is 0 Å². The van der Waals surface area contributed by atoms with E-state index in [2.05, 4.69) is 27.3 Å². The van der Waals surface area contributed by atoms with E-state index < -0.39 is 0 Å². The van der Waals surface area contributed by atoms with Crippen molar-refractivity contribution in [1.82, 2.24) is 4.90 Å². The Morgan fingerprint density at radius 2 is 1.80 bits per heavy atom. The number of hydrogen-bond acceptors (Lipinski definition) is 2. The zero-order valence-corrected chi connectivity index (χ0v) is 12.2. The van der Waals surface area contributed by atoms with Gasteiger partial charge < -0.3 is 16.0 Å². The van der Waals surface area contributed by atoms with Crippen molar-refractivity contribution in [1.29, 1.82) is 0 Å². The van der Waals surface area contributed by atoms with Crippen LogP contribution < -0.4 is 11.1 Å². The molecule has 3 N–H and O–H groups in total. The zero-order valence-electron chi connectivity index (χ0n) is 12.2. The SMILES string of the molecule is NC(=NCCCNc1ccccc1)N1CCCCCC1. The van der Waals surface area contributed by atoms with Crippen LogP contribution in [0.5, 0.6) is 0 Å². The fourth-order valence-electron chi connectivity index (χ4n) is 2.46. The largest absolute Gasteiger partial charge is 0.385 e. The summed E-state index contributed by atoms with van der Waals surface area (Å²) in [5, 5.41) is 3.38. The predicted molar refractivity (Wildman–Crippen MR) is 86.1 cm³/mol. The molecule has 2 rings (SSSR count). The monoisotopic (exact) mass is 274 g/mol. The number of guanidine groups is 1. The van der Waals surface area contributed by atoms with Crippen LogP contribution in [-0.2, 0) is 0 Å². The summed E-state index contributed by atoms with van der Waals surface area (Å²) in [6.45, 7) is 3.86. The molecule has 0 atom stereocenters. The van der Waals surface area contributed by atoms with Gasteiger partial charge in [0.05, 0.1) is 0 Å². The van der Waals surface area contributed by atoms with Crippen molar-refractivity contribution in [2.24, 2.45) is 10.7 Å². The summed E-state index contributed by atoms with van der Waals surface area (Å²) >= 11 is 0. The first kappa shape index (κ1) is 14.7. The minimum atomic E-state index is 0.728. The Labute approximate surface area is 122 Å². The van der Waals surface area contributed by atoms with Crippen LogP contribution in [0.25, 0.3) is 0 Å². The van der Waals surface area contributed by atoms with Crippen LogP contribution in [0.4, 0.5) is 5.69 Å². The highest BCUT2D eigenvalue weighted by Crippen LogP contribution is 2.09. The molecule has 0 unspecified atom stereocenters. The van der Waals surface area contributed by atoms with E-state index in [4.69, 9.17) is 5.73 Å². The summed E-state index contributed by atoms with van der Waals surface area (Å²) in [6, 6.07) is 10.3. The Morgan fingerprint density at radius 3 is 2.50 bits per heavy atom. The lowest BCUT2D eigenvalue weighted by atomic mass is 10.2. The zero-order chi connectivity index (χ0) is 14.0. The predicted octanol–water partition coefficient (Wildman–Crippen LogP) is 2.68. The number of likely N-dealkylation sites (tertiary alicyclic amines) is 1. The number of aliphatic imine (C=N–C) groups is 1. The van der Waals surface area contributed by atoms with Gasteiger partial charge in [0.2, 0.25) is 0 Å². The highest BCUT2D eigenvalue weighted by molar-refractivity contribution is 5.78. The van der Waals surface area contributed by atoms with E-state index in [0.717, 1.165) is 44.2 Å². The number of benzene rings is 1. The number of anilines is 1. The molecule has 0 radical (unpaired) electrons. The molecule has 0 saturated carbocycles. The van der Waals surface area contributed by atoms with Crippen molar-refractivity contribution in [3.63, 3.8) is 0 Å². The molecule has 1 heterocycles. The molecule has 0 amide bonds. The Hall–Kier alpha value is -1.71. The van der Waals surface area contributed by atoms with Crippen LogP contribution >= 0.6 is 0 Å². The smallest absolute Gasteiger partial charge is 0.191 e. The average Bonchev–Trinajstić information content (AvgIpc) is 2.77. The van der Waals surface area contributed by atoms with Crippen LogP contribution in [0, 0.1) is 0 Å². The minimum absolute atomic E-state index is 0.728. The summed E-state index contributed by atoms with van der Waals surface area (Å²) < 4.78 is 0. The highest BCUT2D eigenvalue weighted by Gasteiger charge is 2.10. The lowest BCUT2D eigenvalue weighted by molar-refractivity contribution is 0.428. The maximum atomic E-state index is 6.07. The molecule has 0 spiro atoms. The Morgan fingerprint density at radius 1 is 1.10 bits per heavy atom. The Balaban J connectivity index is 1.64. The molecule has 1 fully saturated rings. The van der Waals surface area contributed by atoms with Crippen LogP contribution in [0.1, 0.15) is 32.1 Å². The third kappa shape index (κ3) is 5.11. The summed E-state index contributed by atoms with van der Waals surface area (Å²) in [6.07, 6.45) is 6.14. The second-order valence-electron chi connectivity index (χ2n) is 5.29. The number of nitrogens with two attached hydrogens (primary N) is 1. The topological polar surface area (TPSA) is 53.6 Å². The molecule has 1 aromatic carbocycles. The van der Waals surface area contributed by atoms with Gasteiger partial charge in [-0.3, -0.25) is 4.99 Å². The van der Waals surface area contributed by atoms with E-state index in [1.807, 2.05) is 18.2 Å². The quantitative estimate of drug-likeness (QED) is 0.493. The molecule has 1 saturated heterocycles. The van der Waals surface area contributed by atoms with Crippen LogP contribution in [-0.4, -0.2) is 37.0 Å². The second kappa shape index (κ2) is 8.46. The molecule has 0 aliphatic carbocycles. The van der Waals surface area contributed by atoms with Gasteiger partial charge in [-0.05, 0) is 31.4 Å². The molecular weight excluding hydrogens is 248 g/mol. The van der Waals surface area contributed by atoms with E-state index in [1.165, 1.54) is 25.7 Å². The van der Waals surface area contributed by atoms with Gasteiger partial charge in [0, 0.05) is 31.9 Å². The Kier molecular flexibility index (Phi) is 6.21. The summed E-state index contributed by atoms with van der Waals surface area (Å²) in [5.41, 5.74) is 7.23. The van der Waals surface area contributed by atoms with Crippen molar-refractivity contribution in [2.45, 2.75) is 32.1 Å². The van der Waals surface area contributed by atoms with Crippen molar-refractivity contribution < 1.29 is 0 Å². The third-order valence-corrected chi connectivity index (χ3v) is 3.64. The average molecular weight is 274 g/mol. The molecule has 1 aromatic rings. The summed E-state index contributed by atoms with van der Waals surface area (Å²) in [7, 11) is 0. The molecule has 4 nitrogen and oxygen atoms in total. The lowest BCUT2D eigenvalue weighted by Gasteiger charge is -2.21. The molecule has 1 aliphatic heterocycles. The molecule has 4 heteroatoms. The van der Waals surface area contributed by atoms with Gasteiger partial charge in [-0.25, -0.2) is 0 Å². The molecular formula is C16H26N4. The third-order valence-electron chi connectivity index (χ3n) is 3.64. The number of rotatable bonds is 5. The van der Waals surface area contributed by atoms with Gasteiger partial charge in [0.15, 0.2) is 5.96 Å². The van der Waals surface area contributed by atoms with Gasteiger partial charge in [0.25, 0.3) is 0 Å².